The first kappa shape index (κ1) is 22.8. The second kappa shape index (κ2) is 9.32. The van der Waals surface area contributed by atoms with Gasteiger partial charge in [0.25, 0.3) is 0 Å². The highest BCUT2D eigenvalue weighted by atomic mass is 35.5. The van der Waals surface area contributed by atoms with Crippen molar-refractivity contribution in [3.05, 3.63) is 0 Å². The minimum absolute atomic E-state index is 0.335. The van der Waals surface area contributed by atoms with Gasteiger partial charge in [0.2, 0.25) is 11.1 Å². The number of hydrogen-bond acceptors (Lipinski definition) is 7. The fourth-order valence-electron chi connectivity index (χ4n) is 1.02. The molecule has 2 unspecified atom stereocenters. The van der Waals surface area contributed by atoms with Crippen LogP contribution >= 0.6 is 23.2 Å². The second-order valence-electron chi connectivity index (χ2n) is 7.00. The van der Waals surface area contributed by atoms with Gasteiger partial charge in [-0.15, -0.1) is 0 Å². The van der Waals surface area contributed by atoms with Gasteiger partial charge in [0.1, 0.15) is 13.2 Å². The zero-order valence-corrected chi connectivity index (χ0v) is 16.2. The Morgan fingerprint density at radius 2 is 1.04 bits per heavy atom. The van der Waals surface area contributed by atoms with E-state index in [0.29, 0.717) is 0 Å². The summed E-state index contributed by atoms with van der Waals surface area (Å²) in [7, 11) is 0. The van der Waals surface area contributed by atoms with Crippen molar-refractivity contribution in [3.8, 4) is 0 Å². The van der Waals surface area contributed by atoms with Crippen molar-refractivity contribution in [1.82, 2.24) is 0 Å². The first-order valence-corrected chi connectivity index (χ1v) is 8.10. The molecule has 9 heteroatoms. The number of halogens is 2. The van der Waals surface area contributed by atoms with E-state index in [1.807, 2.05) is 0 Å². The highest BCUT2D eigenvalue weighted by Gasteiger charge is 2.27. The predicted octanol–water partition coefficient (Wildman–Crippen LogP) is 3.45. The van der Waals surface area contributed by atoms with Crippen LogP contribution in [0.25, 0.3) is 0 Å². The number of hydrogen-bond donors (Lipinski definition) is 0. The lowest BCUT2D eigenvalue weighted by Gasteiger charge is -2.19. The zero-order chi connectivity index (χ0) is 19.1. The lowest BCUT2D eigenvalue weighted by molar-refractivity contribution is -0.155. The van der Waals surface area contributed by atoms with E-state index in [1.165, 1.54) is 0 Å². The van der Waals surface area contributed by atoms with Gasteiger partial charge in [0, 0.05) is 0 Å². The van der Waals surface area contributed by atoms with Crippen molar-refractivity contribution < 1.29 is 33.3 Å². The first-order chi connectivity index (χ1) is 10.7. The topological polar surface area (TPSA) is 88.1 Å². The maximum atomic E-state index is 11.5. The fraction of sp³-hybridized carbons (Fsp3) is 0.800. The first-order valence-electron chi connectivity index (χ1n) is 7.23. The summed E-state index contributed by atoms with van der Waals surface area (Å²) in [5.74, 6) is -0.983. The molecule has 0 aromatic heterocycles. The standard InChI is InChI=1S/C15H24Cl2O7/c1-14(2,3)11(18)21-7-9(16)23-13(20)24-10(17)8-22-12(19)15(4,5)6/h9-10H,7-8H2,1-6H3. The molecular formula is C15H24Cl2O7. The molecule has 0 amide bonds. The van der Waals surface area contributed by atoms with Gasteiger partial charge >= 0.3 is 18.1 Å². The third-order valence-electron chi connectivity index (χ3n) is 2.36. The van der Waals surface area contributed by atoms with Gasteiger partial charge in [-0.05, 0) is 41.5 Å². The number of rotatable bonds is 6. The average Bonchev–Trinajstić information content (AvgIpc) is 2.39. The molecule has 0 N–H and O–H groups in total. The average molecular weight is 387 g/mol. The van der Waals surface area contributed by atoms with Gasteiger partial charge < -0.3 is 18.9 Å². The highest BCUT2D eigenvalue weighted by Crippen LogP contribution is 2.17. The van der Waals surface area contributed by atoms with E-state index in [9.17, 15) is 14.4 Å². The fourth-order valence-corrected chi connectivity index (χ4v) is 1.29. The van der Waals surface area contributed by atoms with Crippen molar-refractivity contribution in [3.63, 3.8) is 0 Å². The molecule has 0 spiro atoms. The monoisotopic (exact) mass is 386 g/mol. The molecule has 0 radical (unpaired) electrons. The molecule has 0 fully saturated rings. The Bertz CT molecular complexity index is 412. The van der Waals surface area contributed by atoms with E-state index < -0.39 is 40.1 Å². The van der Waals surface area contributed by atoms with Crippen LogP contribution in [0.1, 0.15) is 41.5 Å². The molecule has 0 bridgehead atoms. The van der Waals surface area contributed by atoms with E-state index in [1.54, 1.807) is 41.5 Å². The Kier molecular flexibility index (Phi) is 8.85. The molecule has 2 atom stereocenters. The van der Waals surface area contributed by atoms with Gasteiger partial charge in [0.05, 0.1) is 10.8 Å². The quantitative estimate of drug-likeness (QED) is 0.392. The Morgan fingerprint density at radius 3 is 1.29 bits per heavy atom. The lowest BCUT2D eigenvalue weighted by Crippen LogP contribution is -2.29. The van der Waals surface area contributed by atoms with E-state index in [0.717, 1.165) is 0 Å². The molecule has 0 aliphatic heterocycles. The Balaban J connectivity index is 4.11. The van der Waals surface area contributed by atoms with E-state index in [2.05, 4.69) is 9.47 Å². The van der Waals surface area contributed by atoms with Crippen LogP contribution in [0.15, 0.2) is 0 Å². The van der Waals surface area contributed by atoms with E-state index >= 15 is 0 Å². The Morgan fingerprint density at radius 1 is 0.750 bits per heavy atom. The van der Waals surface area contributed by atoms with Crippen LogP contribution in [0.4, 0.5) is 4.79 Å². The van der Waals surface area contributed by atoms with Crippen LogP contribution in [-0.4, -0.2) is 42.4 Å². The SMILES string of the molecule is CC(C)(C)C(=O)OCC(Cl)OC(=O)OC(Cl)COC(=O)C(C)(C)C. The zero-order valence-electron chi connectivity index (χ0n) is 14.7. The summed E-state index contributed by atoms with van der Waals surface area (Å²) in [6, 6.07) is 0. The van der Waals surface area contributed by atoms with Crippen LogP contribution in [0.3, 0.4) is 0 Å². The molecule has 0 aliphatic rings. The van der Waals surface area contributed by atoms with E-state index in [-0.39, 0.29) is 13.2 Å². The highest BCUT2D eigenvalue weighted by molar-refractivity contribution is 6.21. The van der Waals surface area contributed by atoms with Crippen molar-refractivity contribution >= 4 is 41.3 Å². The minimum atomic E-state index is -1.23. The van der Waals surface area contributed by atoms with Crippen LogP contribution in [0.2, 0.25) is 0 Å². The lowest BCUT2D eigenvalue weighted by atomic mass is 9.97. The number of alkyl halides is 2. The summed E-state index contributed by atoms with van der Waals surface area (Å²) < 4.78 is 19.1. The largest absolute Gasteiger partial charge is 0.511 e. The van der Waals surface area contributed by atoms with Crippen LogP contribution < -0.4 is 0 Å². The molecule has 0 rings (SSSR count). The van der Waals surface area contributed by atoms with Gasteiger partial charge in [0.15, 0.2) is 0 Å². The van der Waals surface area contributed by atoms with Crippen molar-refractivity contribution in [2.75, 3.05) is 13.2 Å². The van der Waals surface area contributed by atoms with Gasteiger partial charge in [-0.3, -0.25) is 9.59 Å². The molecule has 0 saturated heterocycles. The maximum Gasteiger partial charge on any atom is 0.511 e. The van der Waals surface area contributed by atoms with Gasteiger partial charge in [-0.2, -0.15) is 0 Å². The molecular weight excluding hydrogens is 363 g/mol. The molecule has 140 valence electrons. The van der Waals surface area contributed by atoms with Crippen molar-refractivity contribution in [2.24, 2.45) is 10.8 Å². The third kappa shape index (κ3) is 9.82. The molecule has 0 aromatic rings. The normalized spacial score (nSPS) is 14.3. The number of carbonyl (C=O) groups is 3. The van der Waals surface area contributed by atoms with E-state index in [4.69, 9.17) is 32.7 Å². The molecule has 0 heterocycles. The maximum absolute atomic E-state index is 11.5. The summed E-state index contributed by atoms with van der Waals surface area (Å²) in [5.41, 5.74) is -3.86. The number of esters is 2. The van der Waals surface area contributed by atoms with Crippen LogP contribution in [-0.2, 0) is 28.5 Å². The summed E-state index contributed by atoms with van der Waals surface area (Å²) >= 11 is 11.4. The summed E-state index contributed by atoms with van der Waals surface area (Å²) in [5, 5.41) is 0. The van der Waals surface area contributed by atoms with Crippen molar-refractivity contribution in [1.29, 1.82) is 0 Å². The Labute approximate surface area is 151 Å². The molecule has 0 aromatic carbocycles. The number of carbonyl (C=O) groups excluding carboxylic acids is 3. The molecule has 24 heavy (non-hydrogen) atoms. The molecule has 0 aliphatic carbocycles. The number of ether oxygens (including phenoxy) is 4. The summed E-state index contributed by atoms with van der Waals surface area (Å²) in [6.45, 7) is 9.36. The summed E-state index contributed by atoms with van der Waals surface area (Å²) in [4.78, 5) is 34.5. The second-order valence-corrected chi connectivity index (χ2v) is 7.98. The smallest absolute Gasteiger partial charge is 0.460 e. The summed E-state index contributed by atoms with van der Waals surface area (Å²) in [6.07, 6.45) is -1.17. The molecule has 0 saturated carbocycles. The third-order valence-corrected chi connectivity index (χ3v) is 2.79. The van der Waals surface area contributed by atoms with Crippen LogP contribution in [0.5, 0.6) is 0 Å². The predicted molar refractivity (Wildman–Crippen MR) is 87.7 cm³/mol. The van der Waals surface area contributed by atoms with Crippen LogP contribution in [0, 0.1) is 10.8 Å². The van der Waals surface area contributed by atoms with Crippen molar-refractivity contribution in [2.45, 2.75) is 52.7 Å². The van der Waals surface area contributed by atoms with Gasteiger partial charge in [-0.1, -0.05) is 23.2 Å². The van der Waals surface area contributed by atoms with Gasteiger partial charge in [-0.25, -0.2) is 4.79 Å². The molecule has 7 nitrogen and oxygen atoms in total. The minimum Gasteiger partial charge on any atom is -0.460 e. The Hall–Kier alpha value is -1.21.